The van der Waals surface area contributed by atoms with Crippen LogP contribution in [0, 0.1) is 0 Å². The summed E-state index contributed by atoms with van der Waals surface area (Å²) in [6, 6.07) is 74.7. The van der Waals surface area contributed by atoms with Crippen LogP contribution in [0.3, 0.4) is 0 Å². The lowest BCUT2D eigenvalue weighted by molar-refractivity contribution is 1.28. The van der Waals surface area contributed by atoms with E-state index in [0.717, 1.165) is 39.3 Å². The van der Waals surface area contributed by atoms with E-state index in [1.807, 2.05) is 6.92 Å². The van der Waals surface area contributed by atoms with Gasteiger partial charge in [-0.05, 0) is 109 Å². The molecule has 0 radical (unpaired) electrons. The summed E-state index contributed by atoms with van der Waals surface area (Å²) in [5.41, 5.74) is 13.8. The summed E-state index contributed by atoms with van der Waals surface area (Å²) in [5, 5.41) is 4.97. The maximum Gasteiger partial charge on any atom is 0.0540 e. The largest absolute Gasteiger partial charge is 0.309 e. The number of para-hydroxylation sites is 1. The first-order chi connectivity index (χ1) is 28.8. The molecule has 0 unspecified atom stereocenters. The number of benzene rings is 9. The Hall–Kier alpha value is -7.48. The van der Waals surface area contributed by atoms with Gasteiger partial charge in [0.05, 0.1) is 11.4 Å². The van der Waals surface area contributed by atoms with E-state index in [4.69, 9.17) is 0 Å². The second-order valence-corrected chi connectivity index (χ2v) is 14.4. The van der Waals surface area contributed by atoms with Gasteiger partial charge in [-0.2, -0.15) is 0 Å². The second-order valence-electron chi connectivity index (χ2n) is 14.4. The van der Waals surface area contributed by atoms with Crippen LogP contribution in [0.15, 0.2) is 237 Å². The number of rotatable bonds is 10. The zero-order valence-corrected chi connectivity index (χ0v) is 32.5. The fourth-order valence-electron chi connectivity index (χ4n) is 8.06. The molecule has 0 aliphatic heterocycles. The van der Waals surface area contributed by atoms with Crippen LogP contribution >= 0.6 is 0 Å². The Balaban J connectivity index is 1.36. The van der Waals surface area contributed by atoms with Crippen molar-refractivity contribution in [3.63, 3.8) is 0 Å². The summed E-state index contributed by atoms with van der Waals surface area (Å²) in [6.07, 6.45) is 12.7. The molecule has 0 atom stereocenters. The molecule has 0 fully saturated rings. The normalized spacial score (nSPS) is 11.7. The minimum Gasteiger partial charge on any atom is -0.309 e. The van der Waals surface area contributed by atoms with Crippen LogP contribution in [0.2, 0.25) is 0 Å². The zero-order valence-electron chi connectivity index (χ0n) is 32.5. The van der Waals surface area contributed by atoms with Crippen molar-refractivity contribution in [3.05, 3.63) is 242 Å². The van der Waals surface area contributed by atoms with Crippen molar-refractivity contribution in [2.75, 3.05) is 4.90 Å². The Labute approximate surface area is 341 Å². The molecule has 9 aromatic carbocycles. The molecule has 0 bridgehead atoms. The summed E-state index contributed by atoms with van der Waals surface area (Å²) >= 11 is 0. The lowest BCUT2D eigenvalue weighted by atomic mass is 9.87. The molecule has 58 heavy (non-hydrogen) atoms. The standard InChI is InChI=1S/C57H43N/c1-2-3-4-5-9-29-47-40-55(54-39-46-28-16-17-30-49(46)51-32-18-19-33-52(51)54)53(45-26-14-8-15-27-45)41-57(47)58(48-37-35-43(36-38-48)42-22-10-6-11-23-42)56-34-21-20-31-50(56)44-24-12-7-13-25-44/h2-41H,1H3/b3-2-,5-4-,29-9+. The number of hydrogen-bond donors (Lipinski definition) is 0. The van der Waals surface area contributed by atoms with Gasteiger partial charge >= 0.3 is 0 Å². The highest BCUT2D eigenvalue weighted by Gasteiger charge is 2.23. The van der Waals surface area contributed by atoms with Crippen molar-refractivity contribution in [1.29, 1.82) is 0 Å². The summed E-state index contributed by atoms with van der Waals surface area (Å²) < 4.78 is 0. The smallest absolute Gasteiger partial charge is 0.0540 e. The number of allylic oxidation sites excluding steroid dienone is 5. The molecular formula is C57H43N. The molecule has 0 amide bonds. The van der Waals surface area contributed by atoms with Crippen LogP contribution in [0.5, 0.6) is 0 Å². The number of anilines is 3. The van der Waals surface area contributed by atoms with E-state index in [1.165, 1.54) is 49.4 Å². The number of nitrogens with zero attached hydrogens (tertiary/aromatic N) is 1. The molecule has 276 valence electrons. The Bertz CT molecular complexity index is 2920. The first-order valence-corrected chi connectivity index (χ1v) is 20.0. The Morgan fingerprint density at radius 2 is 0.897 bits per heavy atom. The number of hydrogen-bond acceptors (Lipinski definition) is 1. The number of fused-ring (bicyclic) bond motifs is 3. The molecule has 0 N–H and O–H groups in total. The fraction of sp³-hybridized carbons (Fsp3) is 0.0175. The fourth-order valence-corrected chi connectivity index (χ4v) is 8.06. The third-order valence-electron chi connectivity index (χ3n) is 10.8. The van der Waals surface area contributed by atoms with Crippen molar-refractivity contribution < 1.29 is 0 Å². The molecule has 0 aliphatic carbocycles. The first kappa shape index (κ1) is 36.2. The van der Waals surface area contributed by atoms with Gasteiger partial charge in [0.1, 0.15) is 0 Å². The van der Waals surface area contributed by atoms with Crippen LogP contribution in [-0.2, 0) is 0 Å². The Morgan fingerprint density at radius 3 is 1.60 bits per heavy atom. The van der Waals surface area contributed by atoms with Crippen LogP contribution in [0.25, 0.3) is 72.1 Å². The van der Waals surface area contributed by atoms with Crippen molar-refractivity contribution in [2.45, 2.75) is 6.92 Å². The maximum atomic E-state index is 2.45. The monoisotopic (exact) mass is 741 g/mol. The van der Waals surface area contributed by atoms with Crippen molar-refractivity contribution >= 4 is 44.7 Å². The molecule has 1 nitrogen and oxygen atoms in total. The molecule has 0 aromatic heterocycles. The van der Waals surface area contributed by atoms with E-state index >= 15 is 0 Å². The van der Waals surface area contributed by atoms with Gasteiger partial charge in [-0.25, -0.2) is 0 Å². The molecule has 0 saturated heterocycles. The van der Waals surface area contributed by atoms with Gasteiger partial charge in [0.25, 0.3) is 0 Å². The van der Waals surface area contributed by atoms with E-state index in [0.29, 0.717) is 0 Å². The van der Waals surface area contributed by atoms with Gasteiger partial charge in [0.2, 0.25) is 0 Å². The minimum absolute atomic E-state index is 1.07. The van der Waals surface area contributed by atoms with Crippen LogP contribution in [-0.4, -0.2) is 0 Å². The van der Waals surface area contributed by atoms with Gasteiger partial charge in [-0.3, -0.25) is 0 Å². The molecule has 1 heteroatoms. The lowest BCUT2D eigenvalue weighted by Gasteiger charge is -2.31. The van der Waals surface area contributed by atoms with Crippen molar-refractivity contribution in [3.8, 4) is 44.5 Å². The Morgan fingerprint density at radius 1 is 0.345 bits per heavy atom. The average molecular weight is 742 g/mol. The van der Waals surface area contributed by atoms with Gasteiger partial charge in [-0.1, -0.05) is 206 Å². The molecule has 9 aromatic rings. The third kappa shape index (κ3) is 7.30. The van der Waals surface area contributed by atoms with E-state index in [2.05, 4.69) is 248 Å². The SMILES string of the molecule is C\C=C/C=C\C=C\c1cc(-c2cc3ccccc3c3ccccc23)c(-c2ccccc2)cc1N(c1ccc(-c2ccccc2)cc1)c1ccccc1-c1ccccc1. The highest BCUT2D eigenvalue weighted by atomic mass is 15.1. The third-order valence-corrected chi connectivity index (χ3v) is 10.8. The van der Waals surface area contributed by atoms with E-state index in [9.17, 15) is 0 Å². The van der Waals surface area contributed by atoms with Crippen molar-refractivity contribution in [2.24, 2.45) is 0 Å². The summed E-state index contributed by atoms with van der Waals surface area (Å²) in [4.78, 5) is 2.45. The maximum absolute atomic E-state index is 2.45. The molecular weight excluding hydrogens is 699 g/mol. The van der Waals surface area contributed by atoms with E-state index in [-0.39, 0.29) is 0 Å². The van der Waals surface area contributed by atoms with Gasteiger partial charge in [0.15, 0.2) is 0 Å². The highest BCUT2D eigenvalue weighted by molar-refractivity contribution is 6.15. The summed E-state index contributed by atoms with van der Waals surface area (Å²) in [5.74, 6) is 0. The van der Waals surface area contributed by atoms with Gasteiger partial charge in [-0.15, -0.1) is 0 Å². The first-order valence-electron chi connectivity index (χ1n) is 20.0. The van der Waals surface area contributed by atoms with E-state index in [1.54, 1.807) is 0 Å². The second kappa shape index (κ2) is 16.7. The minimum atomic E-state index is 1.07. The predicted octanol–water partition coefficient (Wildman–Crippen LogP) is 16.3. The quantitative estimate of drug-likeness (QED) is 0.0996. The summed E-state index contributed by atoms with van der Waals surface area (Å²) in [7, 11) is 0. The average Bonchev–Trinajstić information content (AvgIpc) is 3.30. The molecule has 9 rings (SSSR count). The molecule has 0 aliphatic rings. The van der Waals surface area contributed by atoms with Gasteiger partial charge in [0, 0.05) is 11.3 Å². The topological polar surface area (TPSA) is 3.24 Å². The van der Waals surface area contributed by atoms with Gasteiger partial charge < -0.3 is 4.90 Å². The molecule has 0 heterocycles. The van der Waals surface area contributed by atoms with Crippen LogP contribution in [0.1, 0.15) is 12.5 Å². The van der Waals surface area contributed by atoms with E-state index < -0.39 is 0 Å². The van der Waals surface area contributed by atoms with Crippen molar-refractivity contribution in [1.82, 2.24) is 0 Å². The summed E-state index contributed by atoms with van der Waals surface area (Å²) in [6.45, 7) is 2.04. The predicted molar refractivity (Wildman–Crippen MR) is 251 cm³/mol. The lowest BCUT2D eigenvalue weighted by Crippen LogP contribution is -2.13. The zero-order chi connectivity index (χ0) is 39.1. The Kier molecular flexibility index (Phi) is 10.4. The molecule has 0 saturated carbocycles. The van der Waals surface area contributed by atoms with Crippen LogP contribution < -0.4 is 4.90 Å². The van der Waals surface area contributed by atoms with Crippen LogP contribution in [0.4, 0.5) is 17.1 Å². The molecule has 0 spiro atoms. The highest BCUT2D eigenvalue weighted by Crippen LogP contribution is 2.48.